The highest BCUT2D eigenvalue weighted by Gasteiger charge is 2.13. The maximum Gasteiger partial charge on any atom is 0.107 e. The zero-order valence-electron chi connectivity index (χ0n) is 11.4. The molecule has 3 heteroatoms. The van der Waals surface area contributed by atoms with Crippen LogP contribution < -0.4 is 5.32 Å². The quantitative estimate of drug-likeness (QED) is 0.862. The summed E-state index contributed by atoms with van der Waals surface area (Å²) in [5.74, 6) is 1.05. The average Bonchev–Trinajstić information content (AvgIpc) is 3.08. The number of aromatic nitrogens is 2. The molecule has 2 N–H and O–H groups in total. The van der Waals surface area contributed by atoms with Gasteiger partial charge >= 0.3 is 0 Å². The molecule has 1 aromatic carbocycles. The van der Waals surface area contributed by atoms with Crippen molar-refractivity contribution in [1.29, 1.82) is 0 Å². The number of benzene rings is 1. The third-order valence-corrected chi connectivity index (χ3v) is 3.99. The summed E-state index contributed by atoms with van der Waals surface area (Å²) >= 11 is 0. The van der Waals surface area contributed by atoms with Crippen molar-refractivity contribution >= 4 is 0 Å². The van der Waals surface area contributed by atoms with Crippen LogP contribution in [0.2, 0.25) is 0 Å². The first-order valence-corrected chi connectivity index (χ1v) is 7.16. The summed E-state index contributed by atoms with van der Waals surface area (Å²) in [6.45, 7) is 3.19. The van der Waals surface area contributed by atoms with E-state index >= 15 is 0 Å². The minimum Gasteiger partial charge on any atom is -0.349 e. The second kappa shape index (κ2) is 5.57. The predicted octanol–water partition coefficient (Wildman–Crippen LogP) is 2.79. The Kier molecular flexibility index (Phi) is 3.65. The molecule has 3 rings (SSSR count). The summed E-state index contributed by atoms with van der Waals surface area (Å²) in [6, 6.07) is 7.37. The van der Waals surface area contributed by atoms with Crippen LogP contribution >= 0.6 is 0 Å². The number of nitrogens with one attached hydrogen (secondary N) is 2. The topological polar surface area (TPSA) is 40.7 Å². The van der Waals surface area contributed by atoms with E-state index < -0.39 is 0 Å². The van der Waals surface area contributed by atoms with Gasteiger partial charge in [-0.15, -0.1) is 0 Å². The van der Waals surface area contributed by atoms with Gasteiger partial charge in [-0.25, -0.2) is 4.98 Å². The van der Waals surface area contributed by atoms with Gasteiger partial charge in [-0.05, 0) is 42.9 Å². The van der Waals surface area contributed by atoms with E-state index in [1.165, 1.54) is 24.8 Å². The van der Waals surface area contributed by atoms with E-state index in [0.717, 1.165) is 18.8 Å². The molecule has 0 saturated carbocycles. The van der Waals surface area contributed by atoms with Crippen molar-refractivity contribution in [2.75, 3.05) is 6.54 Å². The smallest absolute Gasteiger partial charge is 0.107 e. The molecule has 0 aliphatic heterocycles. The Morgan fingerprint density at radius 3 is 3.05 bits per heavy atom. The van der Waals surface area contributed by atoms with Crippen molar-refractivity contribution in [2.45, 2.75) is 38.6 Å². The fourth-order valence-corrected chi connectivity index (χ4v) is 2.82. The van der Waals surface area contributed by atoms with Crippen LogP contribution in [-0.4, -0.2) is 16.5 Å². The molecule has 1 aromatic heterocycles. The minimum absolute atomic E-state index is 0.404. The van der Waals surface area contributed by atoms with Crippen molar-refractivity contribution in [1.82, 2.24) is 15.3 Å². The second-order valence-electron chi connectivity index (χ2n) is 5.34. The van der Waals surface area contributed by atoms with E-state index in [1.54, 1.807) is 17.3 Å². The standard InChI is InChI=1S/C16H21N3/c1-12(17-8-7-16-18-9-10-19-16)14-6-5-13-3-2-4-15(13)11-14/h5-6,9-12,17H,2-4,7-8H2,1H3,(H,18,19). The summed E-state index contributed by atoms with van der Waals surface area (Å²) < 4.78 is 0. The highest BCUT2D eigenvalue weighted by molar-refractivity contribution is 5.36. The average molecular weight is 255 g/mol. The van der Waals surface area contributed by atoms with Crippen molar-refractivity contribution in [2.24, 2.45) is 0 Å². The van der Waals surface area contributed by atoms with Gasteiger partial charge < -0.3 is 10.3 Å². The number of rotatable bonds is 5. The van der Waals surface area contributed by atoms with Gasteiger partial charge in [-0.3, -0.25) is 0 Å². The van der Waals surface area contributed by atoms with Gasteiger partial charge in [0.2, 0.25) is 0 Å². The van der Waals surface area contributed by atoms with Gasteiger partial charge in [0, 0.05) is 31.4 Å². The third-order valence-electron chi connectivity index (χ3n) is 3.99. The maximum absolute atomic E-state index is 4.24. The molecule has 1 unspecified atom stereocenters. The zero-order chi connectivity index (χ0) is 13.1. The van der Waals surface area contributed by atoms with Crippen LogP contribution in [0.15, 0.2) is 30.6 Å². The van der Waals surface area contributed by atoms with Crippen molar-refractivity contribution in [3.8, 4) is 0 Å². The summed E-state index contributed by atoms with van der Waals surface area (Å²) in [5, 5.41) is 3.57. The summed E-state index contributed by atoms with van der Waals surface area (Å²) in [6.07, 6.45) is 8.46. The number of fused-ring (bicyclic) bond motifs is 1. The molecular formula is C16H21N3. The van der Waals surface area contributed by atoms with Crippen LogP contribution in [0.25, 0.3) is 0 Å². The number of nitrogens with zero attached hydrogens (tertiary/aromatic N) is 1. The molecule has 1 atom stereocenters. The monoisotopic (exact) mass is 255 g/mol. The molecule has 3 nitrogen and oxygen atoms in total. The maximum atomic E-state index is 4.24. The number of imidazole rings is 1. The van der Waals surface area contributed by atoms with E-state index in [4.69, 9.17) is 0 Å². The van der Waals surface area contributed by atoms with Crippen LogP contribution in [0.5, 0.6) is 0 Å². The van der Waals surface area contributed by atoms with Crippen LogP contribution in [0, 0.1) is 0 Å². The Bertz CT molecular complexity index is 531. The van der Waals surface area contributed by atoms with Crippen molar-refractivity contribution in [3.05, 3.63) is 53.1 Å². The normalized spacial score (nSPS) is 15.4. The molecule has 1 aliphatic rings. The van der Waals surface area contributed by atoms with Crippen molar-refractivity contribution in [3.63, 3.8) is 0 Å². The van der Waals surface area contributed by atoms with E-state index in [-0.39, 0.29) is 0 Å². The number of aryl methyl sites for hydroxylation is 2. The van der Waals surface area contributed by atoms with Gasteiger partial charge in [0.05, 0.1) is 0 Å². The van der Waals surface area contributed by atoms with Gasteiger partial charge in [0.25, 0.3) is 0 Å². The number of H-pyrrole nitrogens is 1. The molecule has 0 saturated heterocycles. The van der Waals surface area contributed by atoms with Crippen LogP contribution in [0.4, 0.5) is 0 Å². The molecule has 2 aromatic rings. The Morgan fingerprint density at radius 2 is 2.21 bits per heavy atom. The molecule has 19 heavy (non-hydrogen) atoms. The van der Waals surface area contributed by atoms with Crippen molar-refractivity contribution < 1.29 is 0 Å². The minimum atomic E-state index is 0.404. The first-order chi connectivity index (χ1) is 9.33. The Balaban J connectivity index is 1.56. The Labute approximate surface area is 114 Å². The number of aromatic amines is 1. The first kappa shape index (κ1) is 12.4. The summed E-state index contributed by atoms with van der Waals surface area (Å²) in [4.78, 5) is 7.37. The van der Waals surface area contributed by atoms with E-state index in [2.05, 4.69) is 40.4 Å². The van der Waals surface area contributed by atoms with Gasteiger partial charge in [0.15, 0.2) is 0 Å². The summed E-state index contributed by atoms with van der Waals surface area (Å²) in [7, 11) is 0. The molecule has 0 fully saturated rings. The molecule has 1 heterocycles. The summed E-state index contributed by atoms with van der Waals surface area (Å²) in [5.41, 5.74) is 4.50. The fourth-order valence-electron chi connectivity index (χ4n) is 2.82. The van der Waals surface area contributed by atoms with Gasteiger partial charge in [0.1, 0.15) is 5.82 Å². The molecule has 0 bridgehead atoms. The molecule has 1 aliphatic carbocycles. The number of hydrogen-bond acceptors (Lipinski definition) is 2. The lowest BCUT2D eigenvalue weighted by atomic mass is 10.0. The molecule has 0 radical (unpaired) electrons. The van der Waals surface area contributed by atoms with Gasteiger partial charge in [-0.2, -0.15) is 0 Å². The highest BCUT2D eigenvalue weighted by Crippen LogP contribution is 2.25. The zero-order valence-corrected chi connectivity index (χ0v) is 11.4. The predicted molar refractivity (Wildman–Crippen MR) is 77.2 cm³/mol. The van der Waals surface area contributed by atoms with Crippen LogP contribution in [0.3, 0.4) is 0 Å². The lowest BCUT2D eigenvalue weighted by molar-refractivity contribution is 0.571. The van der Waals surface area contributed by atoms with E-state index in [1.807, 2.05) is 6.20 Å². The lowest BCUT2D eigenvalue weighted by Crippen LogP contribution is -2.21. The first-order valence-electron chi connectivity index (χ1n) is 7.16. The largest absolute Gasteiger partial charge is 0.349 e. The molecule has 0 amide bonds. The molecular weight excluding hydrogens is 234 g/mol. The lowest BCUT2D eigenvalue weighted by Gasteiger charge is -2.15. The highest BCUT2D eigenvalue weighted by atomic mass is 14.9. The SMILES string of the molecule is CC(NCCc1ncc[nH]1)c1ccc2c(c1)CCC2. The second-order valence-corrected chi connectivity index (χ2v) is 5.34. The Morgan fingerprint density at radius 1 is 1.32 bits per heavy atom. The molecule has 100 valence electrons. The molecule has 0 spiro atoms. The number of hydrogen-bond donors (Lipinski definition) is 2. The third kappa shape index (κ3) is 2.87. The van der Waals surface area contributed by atoms with E-state index in [0.29, 0.717) is 6.04 Å². The van der Waals surface area contributed by atoms with Crippen LogP contribution in [0.1, 0.15) is 41.9 Å². The Hall–Kier alpha value is -1.61. The van der Waals surface area contributed by atoms with E-state index in [9.17, 15) is 0 Å². The van der Waals surface area contributed by atoms with Gasteiger partial charge in [-0.1, -0.05) is 18.2 Å². The fraction of sp³-hybridized carbons (Fsp3) is 0.438. The van der Waals surface area contributed by atoms with Crippen LogP contribution in [-0.2, 0) is 19.3 Å².